The number of hydrogen-bond donors (Lipinski definition) is 1. The predicted octanol–water partition coefficient (Wildman–Crippen LogP) is 4.26. The molecule has 0 aliphatic heterocycles. The van der Waals surface area contributed by atoms with Crippen molar-refractivity contribution in [2.75, 3.05) is 29.9 Å². The van der Waals surface area contributed by atoms with Crippen molar-refractivity contribution in [1.29, 1.82) is 0 Å². The lowest BCUT2D eigenvalue weighted by Gasteiger charge is -2.24. The molecule has 0 fully saturated rings. The third kappa shape index (κ3) is 5.18. The van der Waals surface area contributed by atoms with Crippen LogP contribution in [-0.4, -0.2) is 40.6 Å². The molecule has 0 atom stereocenters. The van der Waals surface area contributed by atoms with E-state index in [9.17, 15) is 18.0 Å². The number of nitrogens with one attached hydrogen (secondary N) is 1. The number of sulfonamides is 1. The van der Waals surface area contributed by atoms with Gasteiger partial charge in [0.25, 0.3) is 10.0 Å². The van der Waals surface area contributed by atoms with E-state index in [0.29, 0.717) is 28.6 Å². The van der Waals surface area contributed by atoms with Crippen LogP contribution in [0.25, 0.3) is 0 Å². The quantitative estimate of drug-likeness (QED) is 0.428. The van der Waals surface area contributed by atoms with Crippen LogP contribution in [0.5, 0.6) is 5.75 Å². The van der Waals surface area contributed by atoms with Gasteiger partial charge in [0.15, 0.2) is 0 Å². The fraction of sp³-hybridized carbons (Fsp3) is 0.280. The second-order valence-electron chi connectivity index (χ2n) is 7.85. The van der Waals surface area contributed by atoms with Gasteiger partial charge in [0.1, 0.15) is 17.3 Å². The van der Waals surface area contributed by atoms with Crippen LogP contribution >= 0.6 is 11.3 Å². The molecule has 0 spiro atoms. The van der Waals surface area contributed by atoms with Gasteiger partial charge < -0.3 is 14.8 Å². The summed E-state index contributed by atoms with van der Waals surface area (Å²) >= 11 is 1.34. The number of carbonyl (C=O) groups is 2. The van der Waals surface area contributed by atoms with Crippen molar-refractivity contribution in [3.63, 3.8) is 0 Å². The van der Waals surface area contributed by atoms with E-state index in [1.165, 1.54) is 30.6 Å². The normalized spacial score (nSPS) is 12.6. The van der Waals surface area contributed by atoms with E-state index in [2.05, 4.69) is 5.32 Å². The Labute approximate surface area is 208 Å². The second-order valence-corrected chi connectivity index (χ2v) is 10.8. The average Bonchev–Trinajstić information content (AvgIpc) is 3.44. The molecule has 1 heterocycles. The molecule has 184 valence electrons. The first kappa shape index (κ1) is 24.7. The van der Waals surface area contributed by atoms with Gasteiger partial charge in [-0.05, 0) is 68.1 Å². The van der Waals surface area contributed by atoms with Gasteiger partial charge in [-0.2, -0.15) is 0 Å². The molecule has 35 heavy (non-hydrogen) atoms. The van der Waals surface area contributed by atoms with Crippen molar-refractivity contribution in [2.45, 2.75) is 31.1 Å². The fourth-order valence-corrected chi connectivity index (χ4v) is 6.73. The molecule has 0 saturated heterocycles. The standard InChI is InChI=1S/C25H26N2O6S2/c1-3-33-18-12-14-19(15-13-18)35(30,31)27(17-8-5-4-6-9-17)16-22(28)26-24-23(25(29)32-2)20-10-7-11-21(20)34-24/h4-6,8-9,12-15H,3,7,10-11,16H2,1-2H3,(H,26,28). The van der Waals surface area contributed by atoms with Gasteiger partial charge in [0, 0.05) is 4.88 Å². The maximum atomic E-state index is 13.6. The smallest absolute Gasteiger partial charge is 0.341 e. The summed E-state index contributed by atoms with van der Waals surface area (Å²) in [4.78, 5) is 26.6. The van der Waals surface area contributed by atoms with Crippen LogP contribution in [0, 0.1) is 0 Å². The highest BCUT2D eigenvalue weighted by Crippen LogP contribution is 2.39. The maximum Gasteiger partial charge on any atom is 0.341 e. The number of methoxy groups -OCH3 is 1. The van der Waals surface area contributed by atoms with Crippen LogP contribution in [0.4, 0.5) is 10.7 Å². The van der Waals surface area contributed by atoms with Crippen molar-refractivity contribution in [3.8, 4) is 5.75 Å². The summed E-state index contributed by atoms with van der Waals surface area (Å²) in [5.41, 5.74) is 1.61. The summed E-state index contributed by atoms with van der Waals surface area (Å²) < 4.78 is 38.5. The molecular formula is C25H26N2O6S2. The van der Waals surface area contributed by atoms with Crippen molar-refractivity contribution in [3.05, 3.63) is 70.6 Å². The van der Waals surface area contributed by atoms with Gasteiger partial charge in [-0.25, -0.2) is 13.2 Å². The minimum atomic E-state index is -4.07. The minimum absolute atomic E-state index is 0.0305. The molecule has 0 unspecified atom stereocenters. The number of amides is 1. The van der Waals surface area contributed by atoms with Crippen LogP contribution in [0.1, 0.15) is 34.1 Å². The van der Waals surface area contributed by atoms with E-state index < -0.39 is 28.4 Å². The number of para-hydroxylation sites is 1. The zero-order valence-electron chi connectivity index (χ0n) is 19.4. The van der Waals surface area contributed by atoms with Gasteiger partial charge in [-0.1, -0.05) is 18.2 Å². The number of esters is 1. The largest absolute Gasteiger partial charge is 0.494 e. The number of benzene rings is 2. The van der Waals surface area contributed by atoms with Crippen LogP contribution in [0.2, 0.25) is 0 Å². The molecule has 3 aromatic rings. The Bertz CT molecular complexity index is 1320. The third-order valence-electron chi connectivity index (χ3n) is 5.62. The predicted molar refractivity (Wildman–Crippen MR) is 135 cm³/mol. The van der Waals surface area contributed by atoms with E-state index in [-0.39, 0.29) is 4.90 Å². The molecule has 1 aliphatic carbocycles. The number of carbonyl (C=O) groups excluding carboxylic acids is 2. The van der Waals surface area contributed by atoms with E-state index >= 15 is 0 Å². The van der Waals surface area contributed by atoms with Crippen LogP contribution < -0.4 is 14.4 Å². The van der Waals surface area contributed by atoms with Gasteiger partial charge in [0.05, 0.1) is 29.9 Å². The Balaban J connectivity index is 1.63. The Morgan fingerprint density at radius 3 is 2.43 bits per heavy atom. The molecule has 0 bridgehead atoms. The van der Waals surface area contributed by atoms with Gasteiger partial charge in [-0.15, -0.1) is 11.3 Å². The average molecular weight is 515 g/mol. The summed E-state index contributed by atoms with van der Waals surface area (Å²) in [7, 11) is -2.77. The number of anilines is 2. The van der Waals surface area contributed by atoms with Gasteiger partial charge in [0.2, 0.25) is 5.91 Å². The molecule has 8 nitrogen and oxygen atoms in total. The number of rotatable bonds is 9. The molecule has 1 N–H and O–H groups in total. The van der Waals surface area contributed by atoms with Gasteiger partial charge >= 0.3 is 5.97 Å². The number of nitrogens with zero attached hydrogens (tertiary/aromatic N) is 1. The van der Waals surface area contributed by atoms with Crippen LogP contribution in [-0.2, 0) is 32.4 Å². The molecule has 1 aliphatic rings. The van der Waals surface area contributed by atoms with Crippen molar-refractivity contribution in [1.82, 2.24) is 0 Å². The van der Waals surface area contributed by atoms with E-state index in [1.807, 2.05) is 6.92 Å². The van der Waals surface area contributed by atoms with Crippen molar-refractivity contribution < 1.29 is 27.5 Å². The Morgan fingerprint density at radius 2 is 1.77 bits per heavy atom. The third-order valence-corrected chi connectivity index (χ3v) is 8.61. The first-order valence-corrected chi connectivity index (χ1v) is 13.4. The molecule has 4 rings (SSSR count). The molecule has 0 radical (unpaired) electrons. The number of aryl methyl sites for hydroxylation is 1. The minimum Gasteiger partial charge on any atom is -0.494 e. The van der Waals surface area contributed by atoms with Crippen LogP contribution in [0.15, 0.2) is 59.5 Å². The number of fused-ring (bicyclic) bond motifs is 1. The van der Waals surface area contributed by atoms with Crippen molar-refractivity contribution >= 4 is 43.9 Å². The second kappa shape index (κ2) is 10.5. The van der Waals surface area contributed by atoms with E-state index in [0.717, 1.165) is 34.0 Å². The van der Waals surface area contributed by atoms with Gasteiger partial charge in [-0.3, -0.25) is 9.10 Å². The highest BCUT2D eigenvalue weighted by molar-refractivity contribution is 7.92. The van der Waals surface area contributed by atoms with E-state index in [1.54, 1.807) is 42.5 Å². The Hall–Kier alpha value is -3.37. The number of thiophene rings is 1. The van der Waals surface area contributed by atoms with Crippen molar-refractivity contribution in [2.24, 2.45) is 0 Å². The molecular weight excluding hydrogens is 488 g/mol. The number of hydrogen-bond acceptors (Lipinski definition) is 7. The summed E-state index contributed by atoms with van der Waals surface area (Å²) in [5.74, 6) is -0.522. The Morgan fingerprint density at radius 1 is 1.06 bits per heavy atom. The zero-order valence-corrected chi connectivity index (χ0v) is 21.1. The lowest BCUT2D eigenvalue weighted by Crippen LogP contribution is -2.38. The maximum absolute atomic E-state index is 13.6. The highest BCUT2D eigenvalue weighted by Gasteiger charge is 2.30. The lowest BCUT2D eigenvalue weighted by molar-refractivity contribution is -0.114. The first-order chi connectivity index (χ1) is 16.8. The summed E-state index contributed by atoms with van der Waals surface area (Å²) in [6, 6.07) is 14.5. The number of ether oxygens (including phenoxy) is 2. The summed E-state index contributed by atoms with van der Waals surface area (Å²) in [6.07, 6.45) is 2.53. The Kier molecular flexibility index (Phi) is 7.42. The lowest BCUT2D eigenvalue weighted by atomic mass is 10.1. The van der Waals surface area contributed by atoms with Crippen LogP contribution in [0.3, 0.4) is 0 Å². The fourth-order valence-electron chi connectivity index (χ4n) is 4.02. The molecule has 0 saturated carbocycles. The molecule has 2 aromatic carbocycles. The highest BCUT2D eigenvalue weighted by atomic mass is 32.2. The molecule has 1 aromatic heterocycles. The zero-order chi connectivity index (χ0) is 25.0. The summed E-state index contributed by atoms with van der Waals surface area (Å²) in [5, 5.41) is 3.14. The SMILES string of the molecule is CCOc1ccc(S(=O)(=O)N(CC(=O)Nc2sc3c(c2C(=O)OC)CCC3)c2ccccc2)cc1. The molecule has 10 heteroatoms. The molecule has 1 amide bonds. The van der Waals surface area contributed by atoms with E-state index in [4.69, 9.17) is 9.47 Å². The first-order valence-electron chi connectivity index (χ1n) is 11.2. The summed E-state index contributed by atoms with van der Waals surface area (Å²) in [6.45, 7) is 1.83. The monoisotopic (exact) mass is 514 g/mol. The topological polar surface area (TPSA) is 102 Å².